The zero-order valence-corrected chi connectivity index (χ0v) is 12.7. The van der Waals surface area contributed by atoms with Crippen LogP contribution in [0.15, 0.2) is 24.3 Å². The Labute approximate surface area is 112 Å². The number of aromatic carboxylic acids is 1. The fraction of sp³-hybridized carbons (Fsp3) is 0.533. The molecule has 0 aliphatic heterocycles. The van der Waals surface area contributed by atoms with E-state index >= 15 is 0 Å². The highest BCUT2D eigenvalue weighted by Gasteiger charge is 2.31. The van der Waals surface area contributed by atoms with Gasteiger partial charge in [0.15, 0.2) is 0 Å². The number of carbonyl (C=O) groups is 1. The largest absolute Gasteiger partial charge is 0.478 e. The fourth-order valence-corrected chi connectivity index (χ4v) is 5.40. The van der Waals surface area contributed by atoms with E-state index in [1.54, 1.807) is 12.1 Å². The molecule has 2 nitrogen and oxygen atoms in total. The van der Waals surface area contributed by atoms with Crippen LogP contribution in [0.2, 0.25) is 12.1 Å². The second-order valence-electron chi connectivity index (χ2n) is 5.68. The molecule has 0 aliphatic rings. The fourth-order valence-electron chi connectivity index (χ4n) is 2.15. The maximum Gasteiger partial charge on any atom is 0.352 e. The molecule has 0 spiro atoms. The lowest BCUT2D eigenvalue weighted by molar-refractivity contribution is 0.0697. The third-order valence-electron chi connectivity index (χ3n) is 2.85. The maximum absolute atomic E-state index is 10.8. The summed E-state index contributed by atoms with van der Waals surface area (Å²) in [6.45, 7) is 9.04. The molecule has 0 amide bonds. The zero-order chi connectivity index (χ0) is 13.7. The van der Waals surface area contributed by atoms with Crippen LogP contribution in [0.25, 0.3) is 0 Å². The van der Waals surface area contributed by atoms with Crippen LogP contribution in [0.4, 0.5) is 0 Å². The van der Waals surface area contributed by atoms with E-state index in [9.17, 15) is 4.79 Å². The minimum Gasteiger partial charge on any atom is -0.478 e. The van der Waals surface area contributed by atoms with Gasteiger partial charge >= 0.3 is 14.8 Å². The van der Waals surface area contributed by atoms with E-state index < -0.39 is 14.8 Å². The highest BCUT2D eigenvalue weighted by atomic mass is 28.3. The average molecular weight is 263 g/mol. The quantitative estimate of drug-likeness (QED) is 0.799. The Morgan fingerprint density at radius 3 is 1.83 bits per heavy atom. The van der Waals surface area contributed by atoms with Crippen molar-refractivity contribution in [2.45, 2.75) is 39.8 Å². The molecular weight excluding hydrogens is 240 g/mol. The van der Waals surface area contributed by atoms with Gasteiger partial charge in [-0.3, -0.25) is 0 Å². The number of benzene rings is 1. The molecule has 1 aromatic carbocycles. The second-order valence-corrected chi connectivity index (χ2v) is 8.28. The molecule has 0 saturated carbocycles. The number of carboxylic acid groups (broad SMARTS) is 1. The van der Waals surface area contributed by atoms with Gasteiger partial charge in [-0.15, -0.1) is 0 Å². The van der Waals surface area contributed by atoms with Crippen molar-refractivity contribution >= 4 is 20.0 Å². The first kappa shape index (κ1) is 15.0. The van der Waals surface area contributed by atoms with Gasteiger partial charge < -0.3 is 5.11 Å². The summed E-state index contributed by atoms with van der Waals surface area (Å²) >= 11 is 0. The second kappa shape index (κ2) is 6.74. The predicted octanol–water partition coefficient (Wildman–Crippen LogP) is 3.40. The smallest absolute Gasteiger partial charge is 0.352 e. The van der Waals surface area contributed by atoms with Gasteiger partial charge in [-0.1, -0.05) is 27.7 Å². The van der Waals surface area contributed by atoms with Crippen molar-refractivity contribution in [2.75, 3.05) is 0 Å². The van der Waals surface area contributed by atoms with Crippen LogP contribution < -0.4 is 5.19 Å². The van der Waals surface area contributed by atoms with E-state index in [0.717, 1.165) is 0 Å². The lowest BCUT2D eigenvalue weighted by Crippen LogP contribution is -2.32. The summed E-state index contributed by atoms with van der Waals surface area (Å²) in [6, 6.07) is 10.0. The molecule has 98 valence electrons. The van der Waals surface area contributed by atoms with Crippen LogP contribution in [0.3, 0.4) is 0 Å². The topological polar surface area (TPSA) is 37.3 Å². The van der Waals surface area contributed by atoms with Crippen molar-refractivity contribution in [3.05, 3.63) is 29.8 Å². The van der Waals surface area contributed by atoms with Crippen LogP contribution >= 0.6 is 0 Å². The van der Waals surface area contributed by atoms with Crippen LogP contribution in [-0.2, 0) is 0 Å². The van der Waals surface area contributed by atoms with E-state index in [4.69, 9.17) is 5.11 Å². The predicted molar refractivity (Wildman–Crippen MR) is 78.1 cm³/mol. The Bertz CT molecular complexity index is 372. The van der Waals surface area contributed by atoms with Gasteiger partial charge in [0.05, 0.1) is 22.8 Å². The molecule has 1 N–H and O–H groups in total. The zero-order valence-electron chi connectivity index (χ0n) is 11.7. The highest BCUT2D eigenvalue weighted by molar-refractivity contribution is 6.73. The van der Waals surface area contributed by atoms with E-state index in [0.29, 0.717) is 17.4 Å². The summed E-state index contributed by atoms with van der Waals surface area (Å²) in [7, 11) is -0.556. The first-order valence-corrected chi connectivity index (χ1v) is 8.50. The van der Waals surface area contributed by atoms with Crippen molar-refractivity contribution < 1.29 is 9.90 Å². The molecule has 0 aromatic heterocycles. The Hall–Kier alpha value is -1.09. The Morgan fingerprint density at radius 1 is 1.06 bits per heavy atom. The van der Waals surface area contributed by atoms with E-state index in [-0.39, 0.29) is 0 Å². The molecule has 0 aliphatic carbocycles. The molecule has 0 fully saturated rings. The van der Waals surface area contributed by atoms with E-state index in [1.165, 1.54) is 17.3 Å². The summed E-state index contributed by atoms with van der Waals surface area (Å²) in [4.78, 5) is 10.8. The molecule has 1 rings (SSSR count). The molecule has 1 aromatic rings. The first-order valence-electron chi connectivity index (χ1n) is 6.58. The summed E-state index contributed by atoms with van der Waals surface area (Å²) in [5, 5.41) is 10.3. The van der Waals surface area contributed by atoms with Crippen LogP contribution in [0.5, 0.6) is 0 Å². The molecule has 3 heteroatoms. The highest BCUT2D eigenvalue weighted by Crippen LogP contribution is 2.15. The van der Waals surface area contributed by atoms with Gasteiger partial charge in [0, 0.05) is 0 Å². The molecule has 0 radical (unpaired) electrons. The van der Waals surface area contributed by atoms with Gasteiger partial charge in [-0.25, -0.2) is 4.79 Å². The van der Waals surface area contributed by atoms with Crippen molar-refractivity contribution in [3.8, 4) is 0 Å². The molecule has 0 bridgehead atoms. The molecule has 18 heavy (non-hydrogen) atoms. The van der Waals surface area contributed by atoms with Crippen LogP contribution in [0, 0.1) is 11.8 Å². The van der Waals surface area contributed by atoms with Crippen molar-refractivity contribution in [2.24, 2.45) is 11.8 Å². The number of hydrogen-bond donors (Lipinski definition) is 1. The van der Waals surface area contributed by atoms with Gasteiger partial charge in [0.1, 0.15) is 0 Å². The summed E-state index contributed by atoms with van der Waals surface area (Å²) in [5.74, 6) is 0.566. The number of hydrogen-bond acceptors (Lipinski definition) is 1. The van der Waals surface area contributed by atoms with Gasteiger partial charge in [-0.05, 0) is 36.1 Å². The molecule has 0 heterocycles. The maximum atomic E-state index is 10.8. The standard InChI is InChI=1S/C15H22O2Si/c1-11(2)9-18(10-12(3)4)14-7-5-13(6-8-14)15(16)17/h5-8,11-12H,9-10H2,1-4H3/p+1. The lowest BCUT2D eigenvalue weighted by atomic mass is 10.2. The molecule has 0 unspecified atom stereocenters. The van der Waals surface area contributed by atoms with Crippen LogP contribution in [-0.4, -0.2) is 19.9 Å². The number of carboxylic acids is 1. The monoisotopic (exact) mass is 263 g/mol. The average Bonchev–Trinajstić information content (AvgIpc) is 2.27. The van der Waals surface area contributed by atoms with Crippen LogP contribution in [0.1, 0.15) is 38.1 Å². The van der Waals surface area contributed by atoms with Crippen molar-refractivity contribution in [1.29, 1.82) is 0 Å². The minimum absolute atomic E-state index is 0.384. The van der Waals surface area contributed by atoms with E-state index in [1.807, 2.05) is 12.1 Å². The summed E-state index contributed by atoms with van der Waals surface area (Å²) < 4.78 is 0. The lowest BCUT2D eigenvalue weighted by Gasteiger charge is -2.08. The summed E-state index contributed by atoms with van der Waals surface area (Å²) in [5.41, 5.74) is 0.384. The Morgan fingerprint density at radius 2 is 1.50 bits per heavy atom. The number of rotatable bonds is 6. The Kier molecular flexibility index (Phi) is 5.60. The minimum atomic E-state index is -0.844. The third kappa shape index (κ3) is 4.65. The van der Waals surface area contributed by atoms with Gasteiger partial charge in [0.25, 0.3) is 0 Å². The van der Waals surface area contributed by atoms with E-state index in [2.05, 4.69) is 27.7 Å². The normalized spacial score (nSPS) is 11.0. The van der Waals surface area contributed by atoms with Gasteiger partial charge in [-0.2, -0.15) is 0 Å². The summed E-state index contributed by atoms with van der Waals surface area (Å²) in [6.07, 6.45) is 0. The third-order valence-corrected chi connectivity index (χ3v) is 6.62. The molecule has 0 atom stereocenters. The SMILES string of the molecule is CC(C)C[Si+](CC(C)C)c1ccc(C(=O)O)cc1. The van der Waals surface area contributed by atoms with Crippen molar-refractivity contribution in [3.63, 3.8) is 0 Å². The first-order chi connectivity index (χ1) is 8.40. The van der Waals surface area contributed by atoms with Gasteiger partial charge in [0.2, 0.25) is 0 Å². The van der Waals surface area contributed by atoms with Crippen molar-refractivity contribution in [1.82, 2.24) is 0 Å². The molecule has 0 saturated heterocycles. The Balaban J connectivity index is 2.87. The molecular formula is C15H23O2Si+.